The van der Waals surface area contributed by atoms with Crippen molar-refractivity contribution in [3.8, 4) is 0 Å². The fourth-order valence-corrected chi connectivity index (χ4v) is 1.45. The lowest BCUT2D eigenvalue weighted by Gasteiger charge is -2.16. The normalized spacial score (nSPS) is 13.4. The number of alkyl halides is 1. The quantitative estimate of drug-likeness (QED) is 0.670. The first-order valence-electron chi connectivity index (χ1n) is 4.78. The standard InChI is InChI=1S/C11H14ClNO2.ClH/c1-2-15-11(14)10(13)9(12)8-6-4-3-5-7-8;/h3-7,9-10H,2,13H2,1H3;1H/t9?,10-;/m0./s1. The second-order valence-corrected chi connectivity index (χ2v) is 3.56. The molecule has 1 rings (SSSR count). The Hall–Kier alpha value is -0.770. The number of carbonyl (C=O) groups is 1. The van der Waals surface area contributed by atoms with E-state index in [9.17, 15) is 4.79 Å². The Balaban J connectivity index is 0.00000225. The molecule has 90 valence electrons. The summed E-state index contributed by atoms with van der Waals surface area (Å²) in [6.07, 6.45) is 0. The summed E-state index contributed by atoms with van der Waals surface area (Å²) in [7, 11) is 0. The molecule has 0 heterocycles. The summed E-state index contributed by atoms with van der Waals surface area (Å²) in [5.41, 5.74) is 6.49. The fourth-order valence-electron chi connectivity index (χ4n) is 1.20. The number of hydrogen-bond acceptors (Lipinski definition) is 3. The van der Waals surface area contributed by atoms with Gasteiger partial charge in [0, 0.05) is 0 Å². The van der Waals surface area contributed by atoms with E-state index in [-0.39, 0.29) is 12.4 Å². The third-order valence-electron chi connectivity index (χ3n) is 1.99. The second-order valence-electron chi connectivity index (χ2n) is 3.09. The third-order valence-corrected chi connectivity index (χ3v) is 2.52. The summed E-state index contributed by atoms with van der Waals surface area (Å²) in [6.45, 7) is 2.04. The van der Waals surface area contributed by atoms with Crippen LogP contribution >= 0.6 is 24.0 Å². The molecular formula is C11H15Cl2NO2. The number of ether oxygens (including phenoxy) is 1. The largest absolute Gasteiger partial charge is 0.465 e. The number of carbonyl (C=O) groups excluding carboxylic acids is 1. The number of rotatable bonds is 4. The smallest absolute Gasteiger partial charge is 0.324 e. The van der Waals surface area contributed by atoms with Crippen LogP contribution in [-0.2, 0) is 9.53 Å². The van der Waals surface area contributed by atoms with Crippen molar-refractivity contribution in [1.29, 1.82) is 0 Å². The van der Waals surface area contributed by atoms with Crippen molar-refractivity contribution in [1.82, 2.24) is 0 Å². The zero-order chi connectivity index (χ0) is 11.3. The van der Waals surface area contributed by atoms with Crippen molar-refractivity contribution < 1.29 is 9.53 Å². The van der Waals surface area contributed by atoms with Crippen LogP contribution in [0.3, 0.4) is 0 Å². The van der Waals surface area contributed by atoms with Gasteiger partial charge in [-0.25, -0.2) is 0 Å². The maximum absolute atomic E-state index is 11.3. The highest BCUT2D eigenvalue weighted by atomic mass is 35.5. The van der Waals surface area contributed by atoms with Crippen molar-refractivity contribution in [2.24, 2.45) is 5.73 Å². The van der Waals surface area contributed by atoms with Crippen molar-refractivity contribution in [2.45, 2.75) is 18.3 Å². The molecule has 0 aliphatic carbocycles. The van der Waals surface area contributed by atoms with Gasteiger partial charge >= 0.3 is 5.97 Å². The van der Waals surface area contributed by atoms with Crippen LogP contribution in [0.1, 0.15) is 17.9 Å². The maximum Gasteiger partial charge on any atom is 0.324 e. The van der Waals surface area contributed by atoms with Crippen molar-refractivity contribution in [3.63, 3.8) is 0 Å². The molecule has 0 amide bonds. The summed E-state index contributed by atoms with van der Waals surface area (Å²) in [6, 6.07) is 8.41. The molecule has 2 N–H and O–H groups in total. The minimum Gasteiger partial charge on any atom is -0.465 e. The highest BCUT2D eigenvalue weighted by Crippen LogP contribution is 2.23. The van der Waals surface area contributed by atoms with Crippen LogP contribution < -0.4 is 5.73 Å². The van der Waals surface area contributed by atoms with Gasteiger partial charge < -0.3 is 10.5 Å². The van der Waals surface area contributed by atoms with E-state index >= 15 is 0 Å². The molecule has 1 aromatic carbocycles. The van der Waals surface area contributed by atoms with E-state index in [0.717, 1.165) is 5.56 Å². The fraction of sp³-hybridized carbons (Fsp3) is 0.364. The molecule has 0 bridgehead atoms. The summed E-state index contributed by atoms with van der Waals surface area (Å²) in [5, 5.41) is -0.551. The zero-order valence-electron chi connectivity index (χ0n) is 8.93. The molecule has 1 aromatic rings. The van der Waals surface area contributed by atoms with E-state index in [1.807, 2.05) is 30.3 Å². The zero-order valence-corrected chi connectivity index (χ0v) is 10.5. The SMILES string of the molecule is CCOC(=O)[C@@H](N)C(Cl)c1ccccc1.Cl. The molecule has 0 spiro atoms. The van der Waals surface area contributed by atoms with Gasteiger partial charge in [0.05, 0.1) is 12.0 Å². The molecule has 3 nitrogen and oxygen atoms in total. The van der Waals surface area contributed by atoms with Gasteiger partial charge in [-0.05, 0) is 12.5 Å². The first-order chi connectivity index (χ1) is 7.16. The van der Waals surface area contributed by atoms with Crippen LogP contribution in [0.5, 0.6) is 0 Å². The summed E-state index contributed by atoms with van der Waals surface area (Å²) in [4.78, 5) is 11.3. The minimum atomic E-state index is -0.825. The highest BCUT2D eigenvalue weighted by Gasteiger charge is 2.24. The van der Waals surface area contributed by atoms with E-state index in [2.05, 4.69) is 0 Å². The topological polar surface area (TPSA) is 52.3 Å². The Bertz CT molecular complexity index is 319. The van der Waals surface area contributed by atoms with Crippen LogP contribution in [-0.4, -0.2) is 18.6 Å². The van der Waals surface area contributed by atoms with Gasteiger partial charge in [0.25, 0.3) is 0 Å². The molecule has 0 saturated heterocycles. The molecule has 0 fully saturated rings. The summed E-state index contributed by atoms with van der Waals surface area (Å²) >= 11 is 6.06. The van der Waals surface area contributed by atoms with Gasteiger partial charge in [-0.2, -0.15) is 0 Å². The average molecular weight is 264 g/mol. The van der Waals surface area contributed by atoms with E-state index in [1.54, 1.807) is 6.92 Å². The van der Waals surface area contributed by atoms with Crippen molar-refractivity contribution in [2.75, 3.05) is 6.61 Å². The molecule has 2 atom stereocenters. The van der Waals surface area contributed by atoms with Gasteiger partial charge in [0.1, 0.15) is 6.04 Å². The molecule has 5 heteroatoms. The second kappa shape index (κ2) is 7.49. The van der Waals surface area contributed by atoms with Gasteiger partial charge in [-0.1, -0.05) is 30.3 Å². The van der Waals surface area contributed by atoms with Crippen LogP contribution in [0, 0.1) is 0 Å². The molecule has 16 heavy (non-hydrogen) atoms. The van der Waals surface area contributed by atoms with Gasteiger partial charge in [0.15, 0.2) is 0 Å². The molecule has 0 saturated carbocycles. The number of esters is 1. The van der Waals surface area contributed by atoms with E-state index in [1.165, 1.54) is 0 Å². The molecule has 0 aromatic heterocycles. The molecule has 0 aliphatic rings. The average Bonchev–Trinajstić information content (AvgIpc) is 2.28. The number of nitrogens with two attached hydrogens (primary N) is 1. The lowest BCUT2D eigenvalue weighted by molar-refractivity contribution is -0.144. The lowest BCUT2D eigenvalue weighted by atomic mass is 10.1. The van der Waals surface area contributed by atoms with Crippen LogP contribution in [0.25, 0.3) is 0 Å². The number of hydrogen-bond donors (Lipinski definition) is 1. The third kappa shape index (κ3) is 4.00. The molecule has 0 aliphatic heterocycles. The number of benzene rings is 1. The Morgan fingerprint density at radius 1 is 1.44 bits per heavy atom. The Morgan fingerprint density at radius 3 is 2.50 bits per heavy atom. The summed E-state index contributed by atoms with van der Waals surface area (Å²) in [5.74, 6) is -0.471. The van der Waals surface area contributed by atoms with Crippen LogP contribution in [0.15, 0.2) is 30.3 Å². The van der Waals surface area contributed by atoms with Gasteiger partial charge in [0.2, 0.25) is 0 Å². The van der Waals surface area contributed by atoms with E-state index < -0.39 is 17.4 Å². The maximum atomic E-state index is 11.3. The monoisotopic (exact) mass is 263 g/mol. The lowest BCUT2D eigenvalue weighted by Crippen LogP contribution is -2.36. The molecular weight excluding hydrogens is 249 g/mol. The van der Waals surface area contributed by atoms with Gasteiger partial charge in [-0.3, -0.25) is 4.79 Å². The predicted octanol–water partition coefficient (Wildman–Crippen LogP) is 2.28. The minimum absolute atomic E-state index is 0. The Labute approximate surface area is 106 Å². The summed E-state index contributed by atoms with van der Waals surface area (Å²) < 4.78 is 4.80. The van der Waals surface area contributed by atoms with Crippen molar-refractivity contribution in [3.05, 3.63) is 35.9 Å². The van der Waals surface area contributed by atoms with E-state index in [0.29, 0.717) is 6.61 Å². The Kier molecular flexibility index (Phi) is 7.13. The predicted molar refractivity (Wildman–Crippen MR) is 66.9 cm³/mol. The number of halogens is 2. The van der Waals surface area contributed by atoms with Gasteiger partial charge in [-0.15, -0.1) is 24.0 Å². The van der Waals surface area contributed by atoms with Crippen molar-refractivity contribution >= 4 is 30.0 Å². The van der Waals surface area contributed by atoms with Crippen LogP contribution in [0.4, 0.5) is 0 Å². The first kappa shape index (κ1) is 15.2. The molecule has 0 radical (unpaired) electrons. The van der Waals surface area contributed by atoms with E-state index in [4.69, 9.17) is 22.1 Å². The Morgan fingerprint density at radius 2 is 2.00 bits per heavy atom. The van der Waals surface area contributed by atoms with Crippen LogP contribution in [0.2, 0.25) is 0 Å². The highest BCUT2D eigenvalue weighted by molar-refractivity contribution is 6.22. The first-order valence-corrected chi connectivity index (χ1v) is 5.21. The molecule has 1 unspecified atom stereocenters.